The van der Waals surface area contributed by atoms with Crippen molar-refractivity contribution < 1.29 is 14.4 Å². The van der Waals surface area contributed by atoms with E-state index in [0.29, 0.717) is 16.8 Å². The lowest BCUT2D eigenvalue weighted by Gasteiger charge is -2.28. The molecule has 1 heterocycles. The minimum Gasteiger partial charge on any atom is -0.324 e. The molecule has 0 aliphatic carbocycles. The predicted octanol–water partition coefficient (Wildman–Crippen LogP) is 4.61. The maximum Gasteiger partial charge on any atom is 0.262 e. The lowest BCUT2D eigenvalue weighted by atomic mass is 10.0. The first-order chi connectivity index (χ1) is 14.5. The Morgan fingerprint density at radius 3 is 1.77 bits per heavy atom. The molecule has 3 amide bonds. The molecule has 5 nitrogen and oxygen atoms in total. The third-order valence-electron chi connectivity index (χ3n) is 5.26. The quantitative estimate of drug-likeness (QED) is 0.638. The number of nitrogens with one attached hydrogen (secondary N) is 1. The molecule has 0 bridgehead atoms. The number of fused-ring (bicyclic) bond motifs is 1. The van der Waals surface area contributed by atoms with Crippen LogP contribution in [0.3, 0.4) is 0 Å². The van der Waals surface area contributed by atoms with Gasteiger partial charge in [-0.2, -0.15) is 0 Å². The monoisotopic (exact) mass is 398 g/mol. The van der Waals surface area contributed by atoms with E-state index in [2.05, 4.69) is 5.32 Å². The van der Waals surface area contributed by atoms with Crippen LogP contribution in [0, 0.1) is 5.92 Å². The van der Waals surface area contributed by atoms with Crippen LogP contribution in [0.5, 0.6) is 0 Å². The third kappa shape index (κ3) is 3.50. The zero-order chi connectivity index (χ0) is 21.3. The van der Waals surface area contributed by atoms with Crippen LogP contribution in [-0.4, -0.2) is 28.7 Å². The highest BCUT2D eigenvalue weighted by atomic mass is 16.2. The molecule has 1 atom stereocenters. The Morgan fingerprint density at radius 2 is 1.23 bits per heavy atom. The summed E-state index contributed by atoms with van der Waals surface area (Å²) in [7, 11) is 0. The average molecular weight is 398 g/mol. The molecular weight excluding hydrogens is 376 g/mol. The Balaban J connectivity index is 1.55. The lowest BCUT2D eigenvalue weighted by molar-refractivity contribution is -0.121. The largest absolute Gasteiger partial charge is 0.324 e. The van der Waals surface area contributed by atoms with Crippen molar-refractivity contribution in [2.45, 2.75) is 19.9 Å². The van der Waals surface area contributed by atoms with Crippen molar-refractivity contribution in [3.63, 3.8) is 0 Å². The Morgan fingerprint density at radius 1 is 0.733 bits per heavy atom. The van der Waals surface area contributed by atoms with Crippen molar-refractivity contribution in [3.05, 3.63) is 90.0 Å². The fraction of sp³-hybridized carbons (Fsp3) is 0.160. The fourth-order valence-electron chi connectivity index (χ4n) is 3.77. The standard InChI is InChI=1S/C25H22N2O3/c1-16(2)22(27-24(29)20-10-6-7-11-21(20)25(27)30)23(28)26-19-14-12-18(13-15-19)17-8-4-3-5-9-17/h3-16,22H,1-2H3,(H,26,28)/t22-/m1/s1. The number of hydrogen-bond donors (Lipinski definition) is 1. The van der Waals surface area contributed by atoms with Crippen molar-refractivity contribution in [2.24, 2.45) is 5.92 Å². The normalized spacial score (nSPS) is 14.0. The van der Waals surface area contributed by atoms with Crippen molar-refractivity contribution in [1.29, 1.82) is 0 Å². The molecule has 1 aliphatic heterocycles. The number of amides is 3. The second kappa shape index (κ2) is 7.95. The zero-order valence-electron chi connectivity index (χ0n) is 16.8. The van der Waals surface area contributed by atoms with E-state index in [9.17, 15) is 14.4 Å². The minimum absolute atomic E-state index is 0.240. The SMILES string of the molecule is CC(C)[C@H](C(=O)Nc1ccc(-c2ccccc2)cc1)N1C(=O)c2ccccc2C1=O. The second-order valence-electron chi connectivity index (χ2n) is 7.65. The number of imide groups is 1. The number of anilines is 1. The Labute approximate surface area is 175 Å². The first kappa shape index (κ1) is 19.6. The Bertz CT molecular complexity index is 1070. The summed E-state index contributed by atoms with van der Waals surface area (Å²) in [6.07, 6.45) is 0. The van der Waals surface area contributed by atoms with Gasteiger partial charge < -0.3 is 5.32 Å². The van der Waals surface area contributed by atoms with Gasteiger partial charge in [0.2, 0.25) is 5.91 Å². The summed E-state index contributed by atoms with van der Waals surface area (Å²) in [5.41, 5.74) is 3.42. The maximum atomic E-state index is 13.1. The molecule has 3 aromatic rings. The van der Waals surface area contributed by atoms with Crippen LogP contribution >= 0.6 is 0 Å². The van der Waals surface area contributed by atoms with E-state index in [1.807, 2.05) is 68.4 Å². The van der Waals surface area contributed by atoms with Gasteiger partial charge in [0.25, 0.3) is 11.8 Å². The van der Waals surface area contributed by atoms with Crippen molar-refractivity contribution >= 4 is 23.4 Å². The number of hydrogen-bond acceptors (Lipinski definition) is 3. The zero-order valence-corrected chi connectivity index (χ0v) is 16.8. The summed E-state index contributed by atoms with van der Waals surface area (Å²) < 4.78 is 0. The van der Waals surface area contributed by atoms with Crippen LogP contribution in [-0.2, 0) is 4.79 Å². The van der Waals surface area contributed by atoms with E-state index in [0.717, 1.165) is 16.0 Å². The molecule has 5 heteroatoms. The van der Waals surface area contributed by atoms with Crippen molar-refractivity contribution in [2.75, 3.05) is 5.32 Å². The van der Waals surface area contributed by atoms with Gasteiger partial charge in [0, 0.05) is 5.69 Å². The summed E-state index contributed by atoms with van der Waals surface area (Å²) in [5.74, 6) is -1.48. The van der Waals surface area contributed by atoms with Gasteiger partial charge in [-0.15, -0.1) is 0 Å². The summed E-state index contributed by atoms with van der Waals surface area (Å²) in [4.78, 5) is 39.8. The summed E-state index contributed by atoms with van der Waals surface area (Å²) in [6, 6.07) is 23.2. The van der Waals surface area contributed by atoms with Crippen LogP contribution in [0.25, 0.3) is 11.1 Å². The summed E-state index contributed by atoms with van der Waals surface area (Å²) >= 11 is 0. The van der Waals surface area contributed by atoms with Crippen LogP contribution in [0.4, 0.5) is 5.69 Å². The van der Waals surface area contributed by atoms with Gasteiger partial charge in [0.1, 0.15) is 6.04 Å². The fourth-order valence-corrected chi connectivity index (χ4v) is 3.77. The first-order valence-electron chi connectivity index (χ1n) is 9.90. The van der Waals surface area contributed by atoms with Crippen LogP contribution in [0.2, 0.25) is 0 Å². The Hall–Kier alpha value is -3.73. The van der Waals surface area contributed by atoms with Crippen molar-refractivity contribution in [3.8, 4) is 11.1 Å². The molecule has 0 aromatic heterocycles. The number of rotatable bonds is 5. The predicted molar refractivity (Wildman–Crippen MR) is 116 cm³/mol. The first-order valence-corrected chi connectivity index (χ1v) is 9.90. The molecule has 30 heavy (non-hydrogen) atoms. The van der Waals surface area contributed by atoms with Crippen LogP contribution in [0.1, 0.15) is 34.6 Å². The summed E-state index contributed by atoms with van der Waals surface area (Å²) in [5, 5.41) is 2.86. The van der Waals surface area contributed by atoms with E-state index < -0.39 is 17.9 Å². The van der Waals surface area contributed by atoms with E-state index in [4.69, 9.17) is 0 Å². The van der Waals surface area contributed by atoms with Gasteiger partial charge in [-0.1, -0.05) is 68.4 Å². The van der Waals surface area contributed by atoms with Crippen molar-refractivity contribution in [1.82, 2.24) is 4.90 Å². The Kier molecular flexibility index (Phi) is 5.19. The van der Waals surface area contributed by atoms with Gasteiger partial charge in [-0.3, -0.25) is 19.3 Å². The molecule has 0 radical (unpaired) electrons. The molecule has 3 aromatic carbocycles. The molecular formula is C25H22N2O3. The highest BCUT2D eigenvalue weighted by Crippen LogP contribution is 2.28. The van der Waals surface area contributed by atoms with E-state index in [1.54, 1.807) is 24.3 Å². The minimum atomic E-state index is -0.897. The maximum absolute atomic E-state index is 13.1. The lowest BCUT2D eigenvalue weighted by Crippen LogP contribution is -2.50. The van der Waals surface area contributed by atoms with Crippen LogP contribution < -0.4 is 5.32 Å². The molecule has 4 rings (SSSR count). The topological polar surface area (TPSA) is 66.5 Å². The van der Waals surface area contributed by atoms with Gasteiger partial charge in [-0.25, -0.2) is 0 Å². The molecule has 0 saturated heterocycles. The van der Waals surface area contributed by atoms with Gasteiger partial charge in [0.15, 0.2) is 0 Å². The van der Waals surface area contributed by atoms with Crippen LogP contribution in [0.15, 0.2) is 78.9 Å². The molecule has 150 valence electrons. The van der Waals surface area contributed by atoms with E-state index in [1.165, 1.54) is 0 Å². The van der Waals surface area contributed by atoms with Gasteiger partial charge in [-0.05, 0) is 41.3 Å². The molecule has 0 unspecified atom stereocenters. The highest BCUT2D eigenvalue weighted by Gasteiger charge is 2.43. The third-order valence-corrected chi connectivity index (χ3v) is 5.26. The molecule has 1 N–H and O–H groups in total. The number of benzene rings is 3. The summed E-state index contributed by atoms with van der Waals surface area (Å²) in [6.45, 7) is 3.65. The average Bonchev–Trinajstić information content (AvgIpc) is 3.00. The molecule has 1 aliphatic rings. The van der Waals surface area contributed by atoms with E-state index in [-0.39, 0.29) is 11.8 Å². The van der Waals surface area contributed by atoms with Gasteiger partial charge in [0.05, 0.1) is 11.1 Å². The highest BCUT2D eigenvalue weighted by molar-refractivity contribution is 6.23. The number of carbonyl (C=O) groups is 3. The second-order valence-corrected chi connectivity index (χ2v) is 7.65. The molecule has 0 fully saturated rings. The number of nitrogens with zero attached hydrogens (tertiary/aromatic N) is 1. The molecule has 0 saturated carbocycles. The van der Waals surface area contributed by atoms with Gasteiger partial charge >= 0.3 is 0 Å². The number of carbonyl (C=O) groups excluding carboxylic acids is 3. The smallest absolute Gasteiger partial charge is 0.262 e. The van der Waals surface area contributed by atoms with E-state index >= 15 is 0 Å². The molecule has 0 spiro atoms.